The SMILES string of the molecule is CCCCCCCCCCCCCCCCOc1cccc(C(=O)OCCOC(=O)CCCC=CC[C@@H]2[C@@H](C=CC[C@H](O)C3(CC)CCC3)[C@H](O)C[C@H]2Cl)c1. The van der Waals surface area contributed by atoms with Gasteiger partial charge in [0.25, 0.3) is 0 Å². The largest absolute Gasteiger partial charge is 0.494 e. The van der Waals surface area contributed by atoms with Crippen LogP contribution in [-0.2, 0) is 14.3 Å². The van der Waals surface area contributed by atoms with Gasteiger partial charge in [-0.05, 0) is 87.3 Å². The lowest BCUT2D eigenvalue weighted by molar-refractivity contribution is -0.144. The number of halogens is 1. The molecule has 0 bridgehead atoms. The summed E-state index contributed by atoms with van der Waals surface area (Å²) in [5.41, 5.74) is 0.488. The third kappa shape index (κ3) is 18.2. The van der Waals surface area contributed by atoms with E-state index in [4.69, 9.17) is 25.8 Å². The topological polar surface area (TPSA) is 102 Å². The van der Waals surface area contributed by atoms with E-state index in [1.165, 1.54) is 83.5 Å². The summed E-state index contributed by atoms with van der Waals surface area (Å²) >= 11 is 6.63. The summed E-state index contributed by atoms with van der Waals surface area (Å²) in [6.07, 6.45) is 33.9. The minimum atomic E-state index is -0.472. The van der Waals surface area contributed by atoms with Crippen LogP contribution >= 0.6 is 11.6 Å². The number of rotatable bonds is 31. The van der Waals surface area contributed by atoms with Gasteiger partial charge < -0.3 is 24.4 Å². The highest BCUT2D eigenvalue weighted by Crippen LogP contribution is 2.48. The van der Waals surface area contributed by atoms with Crippen LogP contribution < -0.4 is 4.74 Å². The molecule has 5 atom stereocenters. The predicted octanol–water partition coefficient (Wildman–Crippen LogP) is 11.9. The summed E-state index contributed by atoms with van der Waals surface area (Å²) in [4.78, 5) is 24.8. The van der Waals surface area contributed by atoms with E-state index in [2.05, 4.69) is 32.1 Å². The zero-order valence-electron chi connectivity index (χ0n) is 34.4. The van der Waals surface area contributed by atoms with E-state index >= 15 is 0 Å². The molecule has 0 spiro atoms. The zero-order valence-corrected chi connectivity index (χ0v) is 35.2. The summed E-state index contributed by atoms with van der Waals surface area (Å²) in [6.45, 7) is 5.07. The van der Waals surface area contributed by atoms with Crippen LogP contribution in [0.15, 0.2) is 48.6 Å². The Morgan fingerprint density at radius 2 is 1.51 bits per heavy atom. The van der Waals surface area contributed by atoms with Gasteiger partial charge in [-0.3, -0.25) is 4.79 Å². The first-order valence-corrected chi connectivity index (χ1v) is 22.6. The highest BCUT2D eigenvalue weighted by Gasteiger charge is 2.42. The van der Waals surface area contributed by atoms with Gasteiger partial charge in [-0.2, -0.15) is 0 Å². The summed E-state index contributed by atoms with van der Waals surface area (Å²) in [5.74, 6) is -0.0205. The molecule has 0 amide bonds. The molecular weight excluding hydrogens is 712 g/mol. The van der Waals surface area contributed by atoms with Crippen LogP contribution in [0.5, 0.6) is 5.75 Å². The van der Waals surface area contributed by atoms with Crippen molar-refractivity contribution in [3.63, 3.8) is 0 Å². The number of esters is 2. The summed E-state index contributed by atoms with van der Waals surface area (Å²) in [5, 5.41) is 21.3. The number of unbranched alkanes of at least 4 members (excludes halogenated alkanes) is 14. The Balaban J connectivity index is 1.18. The molecule has 8 heteroatoms. The Morgan fingerprint density at radius 1 is 0.855 bits per heavy atom. The second kappa shape index (κ2) is 28.1. The molecule has 2 aliphatic rings. The Labute approximate surface area is 339 Å². The van der Waals surface area contributed by atoms with Crippen LogP contribution in [0.3, 0.4) is 0 Å². The third-order valence-corrected chi connectivity index (χ3v) is 12.6. The quantitative estimate of drug-likeness (QED) is 0.0334. The van der Waals surface area contributed by atoms with Crippen molar-refractivity contribution in [1.29, 1.82) is 0 Å². The predicted molar refractivity (Wildman–Crippen MR) is 225 cm³/mol. The van der Waals surface area contributed by atoms with E-state index in [1.54, 1.807) is 18.2 Å². The maximum absolute atomic E-state index is 12.6. The lowest BCUT2D eigenvalue weighted by Gasteiger charge is -2.45. The summed E-state index contributed by atoms with van der Waals surface area (Å²) < 4.78 is 16.5. The van der Waals surface area contributed by atoms with Crippen LogP contribution in [0.25, 0.3) is 0 Å². The van der Waals surface area contributed by atoms with E-state index < -0.39 is 12.1 Å². The fourth-order valence-electron chi connectivity index (χ4n) is 8.21. The number of alkyl halides is 1. The van der Waals surface area contributed by atoms with Crippen molar-refractivity contribution in [3.8, 4) is 5.75 Å². The molecule has 0 heterocycles. The zero-order chi connectivity index (χ0) is 39.6. The first-order chi connectivity index (χ1) is 26.8. The molecule has 2 N–H and O–H groups in total. The summed E-state index contributed by atoms with van der Waals surface area (Å²) in [7, 11) is 0. The van der Waals surface area contributed by atoms with Crippen molar-refractivity contribution in [2.75, 3.05) is 19.8 Å². The minimum Gasteiger partial charge on any atom is -0.494 e. The second-order valence-electron chi connectivity index (χ2n) is 16.2. The Morgan fingerprint density at radius 3 is 2.15 bits per heavy atom. The van der Waals surface area contributed by atoms with E-state index in [0.29, 0.717) is 37.2 Å². The maximum atomic E-state index is 12.6. The maximum Gasteiger partial charge on any atom is 0.338 e. The molecule has 3 rings (SSSR count). The van der Waals surface area contributed by atoms with Crippen molar-refractivity contribution in [3.05, 3.63) is 54.1 Å². The molecule has 0 saturated heterocycles. The number of carbonyl (C=O) groups is 2. The second-order valence-corrected chi connectivity index (χ2v) is 16.8. The Hall–Kier alpha value is -2.35. The highest BCUT2D eigenvalue weighted by atomic mass is 35.5. The minimum absolute atomic E-state index is 0.00447. The molecule has 2 fully saturated rings. The smallest absolute Gasteiger partial charge is 0.338 e. The van der Waals surface area contributed by atoms with Crippen LogP contribution in [0.2, 0.25) is 0 Å². The standard InChI is InChI=1S/C47H75ClO7/c1-3-5-6-7-8-9-10-11-12-13-14-15-18-21-33-53-39-26-22-25-38(36-39)46(52)55-35-34-54-45(51)30-20-17-16-19-27-40-41(43(49)37-42(40)48)28-23-29-44(50)47(4-2)31-24-32-47/h16,19,22-23,25-26,28,36,40-44,49-50H,3-15,17-18,20-21,24,27,29-35,37H2,1-2H3/t40-,41-,42-,43-,44+/m1/s1. The summed E-state index contributed by atoms with van der Waals surface area (Å²) in [6, 6.07) is 7.04. The number of allylic oxidation sites excluding steroid dienone is 2. The van der Waals surface area contributed by atoms with Crippen molar-refractivity contribution in [1.82, 2.24) is 0 Å². The monoisotopic (exact) mass is 787 g/mol. The van der Waals surface area contributed by atoms with Crippen molar-refractivity contribution in [2.45, 2.75) is 186 Å². The molecule has 2 aliphatic carbocycles. The van der Waals surface area contributed by atoms with Gasteiger partial charge >= 0.3 is 11.9 Å². The van der Waals surface area contributed by atoms with Crippen LogP contribution in [0, 0.1) is 17.3 Å². The van der Waals surface area contributed by atoms with Gasteiger partial charge in [-0.1, -0.05) is 134 Å². The molecular formula is C47H75ClO7. The molecule has 55 heavy (non-hydrogen) atoms. The van der Waals surface area contributed by atoms with E-state index in [-0.39, 0.29) is 54.3 Å². The molecule has 0 aromatic heterocycles. The molecule has 0 radical (unpaired) electrons. The average molecular weight is 788 g/mol. The lowest BCUT2D eigenvalue weighted by atomic mass is 9.63. The highest BCUT2D eigenvalue weighted by molar-refractivity contribution is 6.21. The van der Waals surface area contributed by atoms with Crippen LogP contribution in [-0.4, -0.2) is 59.6 Å². The molecule has 7 nitrogen and oxygen atoms in total. The van der Waals surface area contributed by atoms with E-state index in [1.807, 2.05) is 12.1 Å². The van der Waals surface area contributed by atoms with Crippen molar-refractivity contribution in [2.24, 2.45) is 17.3 Å². The lowest BCUT2D eigenvalue weighted by Crippen LogP contribution is -2.40. The number of aliphatic hydroxyl groups is 2. The Bertz CT molecular complexity index is 1240. The number of benzene rings is 1. The molecule has 0 unspecified atom stereocenters. The van der Waals surface area contributed by atoms with Gasteiger partial charge in [-0.15, -0.1) is 11.6 Å². The third-order valence-electron chi connectivity index (χ3n) is 12.1. The number of carbonyl (C=O) groups excluding carboxylic acids is 2. The van der Waals surface area contributed by atoms with Crippen LogP contribution in [0.1, 0.15) is 178 Å². The van der Waals surface area contributed by atoms with Gasteiger partial charge in [0.1, 0.15) is 19.0 Å². The fourth-order valence-corrected chi connectivity index (χ4v) is 8.67. The number of ether oxygens (including phenoxy) is 3. The first-order valence-electron chi connectivity index (χ1n) is 22.2. The first kappa shape index (κ1) is 47.0. The molecule has 312 valence electrons. The van der Waals surface area contributed by atoms with Crippen molar-refractivity contribution >= 4 is 23.5 Å². The number of hydrogen-bond donors (Lipinski definition) is 2. The van der Waals surface area contributed by atoms with Crippen LogP contribution in [0.4, 0.5) is 0 Å². The van der Waals surface area contributed by atoms with Gasteiger partial charge in [-0.25, -0.2) is 4.79 Å². The van der Waals surface area contributed by atoms with Gasteiger partial charge in [0.2, 0.25) is 0 Å². The molecule has 0 aliphatic heterocycles. The number of hydrogen-bond acceptors (Lipinski definition) is 7. The van der Waals surface area contributed by atoms with E-state index in [9.17, 15) is 19.8 Å². The molecule has 1 aromatic carbocycles. The average Bonchev–Trinajstić information content (AvgIpc) is 3.43. The van der Waals surface area contributed by atoms with Crippen molar-refractivity contribution < 1.29 is 34.0 Å². The molecule has 2 saturated carbocycles. The normalized spacial score (nSPS) is 21.2. The Kier molecular flexibility index (Phi) is 24.0. The van der Waals surface area contributed by atoms with Gasteiger partial charge in [0, 0.05) is 17.7 Å². The molecule has 1 aromatic rings. The fraction of sp³-hybridized carbons (Fsp3) is 0.745. The van der Waals surface area contributed by atoms with E-state index in [0.717, 1.165) is 44.9 Å². The number of aliphatic hydroxyl groups excluding tert-OH is 2. The van der Waals surface area contributed by atoms with Gasteiger partial charge in [0.05, 0.1) is 24.4 Å². The van der Waals surface area contributed by atoms with Gasteiger partial charge in [0.15, 0.2) is 0 Å².